The zero-order valence-corrected chi connectivity index (χ0v) is 32.3. The van der Waals surface area contributed by atoms with Crippen molar-refractivity contribution in [3.8, 4) is 0 Å². The Hall–Kier alpha value is -5.48. The number of aromatic nitrogens is 5. The molecule has 5 saturated heterocycles. The Morgan fingerprint density at radius 1 is 0.948 bits per heavy atom. The summed E-state index contributed by atoms with van der Waals surface area (Å²) in [6.45, 7) is 6.26. The van der Waals surface area contributed by atoms with Crippen LogP contribution in [0.25, 0.3) is 16.6 Å². The minimum Gasteiger partial charge on any atom is -0.370 e. The van der Waals surface area contributed by atoms with Gasteiger partial charge in [0.2, 0.25) is 11.8 Å². The fourth-order valence-electron chi connectivity index (χ4n) is 9.63. The second kappa shape index (κ2) is 14.7. The summed E-state index contributed by atoms with van der Waals surface area (Å²) in [6, 6.07) is 11.4. The van der Waals surface area contributed by atoms with Crippen LogP contribution in [0.3, 0.4) is 0 Å². The molecule has 5 fully saturated rings. The summed E-state index contributed by atoms with van der Waals surface area (Å²) in [5.74, 6) is -2.31. The molecule has 14 nitrogen and oxygen atoms in total. The van der Waals surface area contributed by atoms with Crippen LogP contribution in [0.2, 0.25) is 0 Å². The molecule has 3 amide bonds. The standard InChI is InChI=1S/C42H47F2N11O3/c43-34-20-30(3-4-31(34)32-5-6-38(56)48-40(32)57)53-25-42(44,26-53)24-50-15-7-29(8-16-50)55-23-27-19-36(47-41(58)33-22-46-54-14-1-11-45-39(33)54)37(21-35(27)49-55)52-17-9-28(10-18-52)51-12-2-13-51/h1,3-4,11,14,19-23,28-29,32H,2,5-10,12-13,15-18,24-26H2,(H,47,58)(H,48,56,57). The molecule has 1 unspecified atom stereocenters. The number of hydrogen-bond donors (Lipinski definition) is 2. The van der Waals surface area contributed by atoms with Gasteiger partial charge in [-0.3, -0.25) is 29.3 Å². The van der Waals surface area contributed by atoms with Crippen LogP contribution in [0.15, 0.2) is 61.2 Å². The van der Waals surface area contributed by atoms with Crippen LogP contribution in [-0.4, -0.2) is 123 Å². The smallest absolute Gasteiger partial charge is 0.261 e. The number of benzene rings is 2. The zero-order valence-electron chi connectivity index (χ0n) is 32.3. The van der Waals surface area contributed by atoms with E-state index in [1.165, 1.54) is 25.6 Å². The largest absolute Gasteiger partial charge is 0.370 e. The lowest BCUT2D eigenvalue weighted by atomic mass is 9.89. The third kappa shape index (κ3) is 6.95. The van der Waals surface area contributed by atoms with E-state index in [1.54, 1.807) is 41.3 Å². The molecule has 16 heteroatoms. The lowest BCUT2D eigenvalue weighted by molar-refractivity contribution is -0.134. The molecule has 10 rings (SSSR count). The van der Waals surface area contributed by atoms with E-state index in [0.717, 1.165) is 74.1 Å². The van der Waals surface area contributed by atoms with E-state index >= 15 is 8.78 Å². The first kappa shape index (κ1) is 36.8. The lowest BCUT2D eigenvalue weighted by Crippen LogP contribution is -2.64. The van der Waals surface area contributed by atoms with Crippen LogP contribution in [0.4, 0.5) is 25.8 Å². The summed E-state index contributed by atoms with van der Waals surface area (Å²) < 4.78 is 34.8. The van der Waals surface area contributed by atoms with E-state index in [-0.39, 0.29) is 49.4 Å². The highest BCUT2D eigenvalue weighted by atomic mass is 19.1. The molecule has 5 aliphatic heterocycles. The van der Waals surface area contributed by atoms with Gasteiger partial charge in [-0.15, -0.1) is 0 Å². The van der Waals surface area contributed by atoms with Crippen molar-refractivity contribution in [3.05, 3.63) is 78.1 Å². The third-order valence-electron chi connectivity index (χ3n) is 13.0. The molecule has 8 heterocycles. The average Bonchev–Trinajstić information content (AvgIpc) is 3.81. The van der Waals surface area contributed by atoms with Gasteiger partial charge in [-0.25, -0.2) is 18.3 Å². The molecule has 58 heavy (non-hydrogen) atoms. The molecule has 0 saturated carbocycles. The topological polar surface area (TPSA) is 136 Å². The maximum Gasteiger partial charge on any atom is 0.261 e. The van der Waals surface area contributed by atoms with Crippen LogP contribution in [0, 0.1) is 5.82 Å². The highest BCUT2D eigenvalue weighted by molar-refractivity contribution is 6.10. The van der Waals surface area contributed by atoms with Gasteiger partial charge in [0.05, 0.1) is 48.1 Å². The molecule has 1 atom stereocenters. The number of carbonyl (C=O) groups excluding carboxylic acids is 3. The molecule has 0 radical (unpaired) electrons. The fourth-order valence-corrected chi connectivity index (χ4v) is 9.63. The quantitative estimate of drug-likeness (QED) is 0.205. The number of carbonyl (C=O) groups is 3. The number of piperidine rings is 3. The summed E-state index contributed by atoms with van der Waals surface area (Å²) in [4.78, 5) is 50.9. The average molecular weight is 792 g/mol. The minimum atomic E-state index is -1.41. The van der Waals surface area contributed by atoms with Crippen molar-refractivity contribution in [2.45, 2.75) is 68.6 Å². The Bertz CT molecular complexity index is 2390. The molecule has 0 aliphatic carbocycles. The van der Waals surface area contributed by atoms with Crippen LogP contribution in [-0.2, 0) is 9.59 Å². The van der Waals surface area contributed by atoms with Crippen molar-refractivity contribution >= 4 is 51.3 Å². The van der Waals surface area contributed by atoms with Crippen molar-refractivity contribution in [1.82, 2.24) is 39.5 Å². The van der Waals surface area contributed by atoms with Crippen LogP contribution < -0.4 is 20.4 Å². The minimum absolute atomic E-state index is 0.154. The number of rotatable bonds is 9. The number of nitrogens with zero attached hydrogens (tertiary/aromatic N) is 9. The van der Waals surface area contributed by atoms with Crippen molar-refractivity contribution in [1.29, 1.82) is 0 Å². The highest BCUT2D eigenvalue weighted by Crippen LogP contribution is 2.38. The molecular weight excluding hydrogens is 745 g/mol. The number of alkyl halides is 1. The van der Waals surface area contributed by atoms with Gasteiger partial charge in [0, 0.05) is 80.4 Å². The molecule has 5 aliphatic rings. The predicted octanol–water partition coefficient (Wildman–Crippen LogP) is 4.53. The SMILES string of the molecule is O=C1CCC(c2ccc(N3CC(F)(CN4CCC(n5cc6cc(NC(=O)c7cnn8cccnc78)c(N7CCC(N8CCC8)CC7)cc6n5)CC4)C3)cc2F)C(=O)N1. The van der Waals surface area contributed by atoms with Crippen LogP contribution in [0.5, 0.6) is 0 Å². The monoisotopic (exact) mass is 791 g/mol. The number of anilines is 3. The fraction of sp³-hybridized carbons (Fsp3) is 0.476. The second-order valence-corrected chi connectivity index (χ2v) is 16.8. The Morgan fingerprint density at radius 2 is 1.74 bits per heavy atom. The van der Waals surface area contributed by atoms with Crippen LogP contribution >= 0.6 is 0 Å². The number of imide groups is 1. The molecule has 3 aromatic heterocycles. The molecule has 5 aromatic rings. The van der Waals surface area contributed by atoms with E-state index in [4.69, 9.17) is 5.10 Å². The summed E-state index contributed by atoms with van der Waals surface area (Å²) in [5, 5.41) is 15.8. The number of nitrogens with one attached hydrogen (secondary N) is 2. The van der Waals surface area contributed by atoms with Gasteiger partial charge in [0.25, 0.3) is 5.91 Å². The molecule has 2 aromatic carbocycles. The summed E-state index contributed by atoms with van der Waals surface area (Å²) in [5.41, 5.74) is 2.91. The summed E-state index contributed by atoms with van der Waals surface area (Å²) in [6.07, 6.45) is 12.6. The van der Waals surface area contributed by atoms with Crippen LogP contribution in [0.1, 0.15) is 72.8 Å². The molecule has 302 valence electrons. The first-order valence-electron chi connectivity index (χ1n) is 20.6. The van der Waals surface area contributed by atoms with Crippen molar-refractivity contribution < 1.29 is 23.2 Å². The van der Waals surface area contributed by atoms with E-state index < -0.39 is 23.3 Å². The van der Waals surface area contributed by atoms with E-state index in [1.807, 2.05) is 15.6 Å². The van der Waals surface area contributed by atoms with E-state index in [9.17, 15) is 14.4 Å². The summed E-state index contributed by atoms with van der Waals surface area (Å²) >= 11 is 0. The maximum absolute atomic E-state index is 16.0. The van der Waals surface area contributed by atoms with Gasteiger partial charge in [-0.2, -0.15) is 10.2 Å². The van der Waals surface area contributed by atoms with E-state index in [2.05, 4.69) is 47.7 Å². The van der Waals surface area contributed by atoms with E-state index in [0.29, 0.717) is 29.5 Å². The normalized spacial score (nSPS) is 22.3. The number of fused-ring (bicyclic) bond motifs is 2. The highest BCUT2D eigenvalue weighted by Gasteiger charge is 2.45. The first-order valence-corrected chi connectivity index (χ1v) is 20.6. The zero-order chi connectivity index (χ0) is 39.5. The second-order valence-electron chi connectivity index (χ2n) is 16.8. The Labute approximate surface area is 334 Å². The molecular formula is C42H47F2N11O3. The lowest BCUT2D eigenvalue weighted by Gasteiger charge is -2.48. The number of halogens is 2. The van der Waals surface area contributed by atoms with Crippen molar-refractivity contribution in [2.75, 3.05) is 74.0 Å². The Kier molecular flexibility index (Phi) is 9.35. The maximum atomic E-state index is 16.0. The number of amides is 3. The Balaban J connectivity index is 0.795. The van der Waals surface area contributed by atoms with Gasteiger partial charge in [-0.1, -0.05) is 6.07 Å². The van der Waals surface area contributed by atoms with Gasteiger partial charge < -0.3 is 20.0 Å². The van der Waals surface area contributed by atoms with Crippen molar-refractivity contribution in [3.63, 3.8) is 0 Å². The molecule has 0 spiro atoms. The predicted molar refractivity (Wildman–Crippen MR) is 214 cm³/mol. The van der Waals surface area contributed by atoms with Gasteiger partial charge in [0.15, 0.2) is 11.3 Å². The summed E-state index contributed by atoms with van der Waals surface area (Å²) in [7, 11) is 0. The third-order valence-corrected chi connectivity index (χ3v) is 13.0. The Morgan fingerprint density at radius 3 is 2.48 bits per heavy atom. The van der Waals surface area contributed by atoms with Gasteiger partial charge >= 0.3 is 0 Å². The van der Waals surface area contributed by atoms with Gasteiger partial charge in [0.1, 0.15) is 11.4 Å². The molecule has 2 N–H and O–H groups in total. The first-order chi connectivity index (χ1) is 28.2. The van der Waals surface area contributed by atoms with Crippen molar-refractivity contribution in [2.24, 2.45) is 0 Å². The van der Waals surface area contributed by atoms with Gasteiger partial charge in [-0.05, 0) is 81.9 Å². The molecule has 0 bridgehead atoms. The number of hydrogen-bond acceptors (Lipinski definition) is 10. The number of likely N-dealkylation sites (tertiary alicyclic amines) is 2.